The first-order chi connectivity index (χ1) is 8.70. The van der Waals surface area contributed by atoms with Gasteiger partial charge in [-0.05, 0) is 30.9 Å². The van der Waals surface area contributed by atoms with Crippen molar-refractivity contribution in [2.45, 2.75) is 44.4 Å². The van der Waals surface area contributed by atoms with Gasteiger partial charge >= 0.3 is 0 Å². The summed E-state index contributed by atoms with van der Waals surface area (Å²) in [5.41, 5.74) is 7.31. The van der Waals surface area contributed by atoms with Crippen LogP contribution in [0.25, 0.3) is 0 Å². The van der Waals surface area contributed by atoms with E-state index >= 15 is 0 Å². The minimum Gasteiger partial charge on any atom is -0.390 e. The average molecular weight is 248 g/mol. The van der Waals surface area contributed by atoms with E-state index < -0.39 is 6.10 Å². The van der Waals surface area contributed by atoms with Gasteiger partial charge in [-0.2, -0.15) is 0 Å². The zero-order chi connectivity index (χ0) is 13.0. The van der Waals surface area contributed by atoms with Gasteiger partial charge in [-0.25, -0.2) is 0 Å². The minimum absolute atomic E-state index is 0.161. The van der Waals surface area contributed by atoms with Gasteiger partial charge in [0.2, 0.25) is 0 Å². The molecule has 0 radical (unpaired) electrons. The van der Waals surface area contributed by atoms with Crippen LogP contribution in [0.4, 0.5) is 0 Å². The number of rotatable bonds is 5. The standard InChI is InChI=1S/C15H24N2O/c1-2-11-9-14(17-10-11)15(18)13(16)8-12-6-4-3-5-7-12/h3-7,11,13-15,17-18H,2,8-10,16H2,1H3. The molecule has 0 aliphatic carbocycles. The molecule has 3 nitrogen and oxygen atoms in total. The van der Waals surface area contributed by atoms with Crippen LogP contribution in [0.1, 0.15) is 25.3 Å². The Kier molecular flexibility index (Phi) is 4.75. The number of hydrogen-bond donors (Lipinski definition) is 3. The van der Waals surface area contributed by atoms with Crippen molar-refractivity contribution in [1.82, 2.24) is 5.32 Å². The Morgan fingerprint density at radius 3 is 2.72 bits per heavy atom. The summed E-state index contributed by atoms with van der Waals surface area (Å²) in [4.78, 5) is 0. The predicted octanol–water partition coefficient (Wildman–Crippen LogP) is 1.31. The van der Waals surface area contributed by atoms with Crippen molar-refractivity contribution in [3.05, 3.63) is 35.9 Å². The second-order valence-corrected chi connectivity index (χ2v) is 5.37. The Morgan fingerprint density at radius 2 is 2.11 bits per heavy atom. The highest BCUT2D eigenvalue weighted by Gasteiger charge is 2.31. The maximum atomic E-state index is 10.3. The van der Waals surface area contributed by atoms with Gasteiger partial charge in [0.1, 0.15) is 0 Å². The molecule has 4 unspecified atom stereocenters. The highest BCUT2D eigenvalue weighted by molar-refractivity contribution is 5.16. The Hall–Kier alpha value is -0.900. The van der Waals surface area contributed by atoms with E-state index in [0.29, 0.717) is 5.92 Å². The molecule has 4 atom stereocenters. The van der Waals surface area contributed by atoms with Gasteiger partial charge in [-0.15, -0.1) is 0 Å². The second-order valence-electron chi connectivity index (χ2n) is 5.37. The molecule has 1 aliphatic rings. The van der Waals surface area contributed by atoms with Gasteiger partial charge in [0.05, 0.1) is 6.10 Å². The van der Waals surface area contributed by atoms with Crippen molar-refractivity contribution < 1.29 is 5.11 Å². The summed E-state index contributed by atoms with van der Waals surface area (Å²) in [6.45, 7) is 3.21. The minimum atomic E-state index is -0.457. The molecule has 1 aromatic carbocycles. The topological polar surface area (TPSA) is 58.3 Å². The van der Waals surface area contributed by atoms with Crippen LogP contribution < -0.4 is 11.1 Å². The fraction of sp³-hybridized carbons (Fsp3) is 0.600. The van der Waals surface area contributed by atoms with Crippen LogP contribution in [-0.2, 0) is 6.42 Å². The molecule has 0 saturated carbocycles. The van der Waals surface area contributed by atoms with Crippen LogP contribution in [0, 0.1) is 5.92 Å². The number of aliphatic hydroxyl groups is 1. The first kappa shape index (κ1) is 13.5. The van der Waals surface area contributed by atoms with Gasteiger partial charge < -0.3 is 16.2 Å². The molecule has 18 heavy (non-hydrogen) atoms. The van der Waals surface area contributed by atoms with Crippen LogP contribution in [0.3, 0.4) is 0 Å². The lowest BCUT2D eigenvalue weighted by atomic mass is 9.93. The third-order valence-electron chi connectivity index (χ3n) is 4.00. The summed E-state index contributed by atoms with van der Waals surface area (Å²) in [7, 11) is 0. The molecule has 1 aromatic rings. The van der Waals surface area contributed by atoms with Crippen LogP contribution in [0.2, 0.25) is 0 Å². The zero-order valence-electron chi connectivity index (χ0n) is 11.0. The molecule has 1 fully saturated rings. The van der Waals surface area contributed by atoms with Crippen LogP contribution in [0.15, 0.2) is 30.3 Å². The number of hydrogen-bond acceptors (Lipinski definition) is 3. The molecule has 4 N–H and O–H groups in total. The Bertz CT molecular complexity index is 355. The summed E-state index contributed by atoms with van der Waals surface area (Å²) in [6.07, 6.45) is 2.49. The van der Waals surface area contributed by atoms with Crippen molar-refractivity contribution in [2.24, 2.45) is 11.7 Å². The first-order valence-corrected chi connectivity index (χ1v) is 6.91. The molecule has 0 amide bonds. The van der Waals surface area contributed by atoms with E-state index in [2.05, 4.69) is 24.4 Å². The Balaban J connectivity index is 1.87. The summed E-state index contributed by atoms with van der Waals surface area (Å²) in [5.74, 6) is 0.688. The van der Waals surface area contributed by atoms with Crippen molar-refractivity contribution >= 4 is 0 Å². The van der Waals surface area contributed by atoms with E-state index in [4.69, 9.17) is 5.73 Å². The fourth-order valence-corrected chi connectivity index (χ4v) is 2.72. The Morgan fingerprint density at radius 1 is 1.39 bits per heavy atom. The number of nitrogens with one attached hydrogen (secondary N) is 1. The lowest BCUT2D eigenvalue weighted by Crippen LogP contribution is -2.48. The number of aliphatic hydroxyl groups excluding tert-OH is 1. The molecule has 1 aliphatic heterocycles. The molecular weight excluding hydrogens is 224 g/mol. The predicted molar refractivity (Wildman–Crippen MR) is 74.3 cm³/mol. The SMILES string of the molecule is CCC1CNC(C(O)C(N)Cc2ccccc2)C1. The molecule has 0 aromatic heterocycles. The van der Waals surface area contributed by atoms with Gasteiger partial charge in [-0.1, -0.05) is 43.7 Å². The van der Waals surface area contributed by atoms with Crippen LogP contribution >= 0.6 is 0 Å². The normalized spacial score (nSPS) is 27.1. The highest BCUT2D eigenvalue weighted by Crippen LogP contribution is 2.21. The molecular formula is C15H24N2O. The van der Waals surface area contributed by atoms with Gasteiger partial charge in [-0.3, -0.25) is 0 Å². The van der Waals surface area contributed by atoms with Crippen molar-refractivity contribution in [2.75, 3.05) is 6.54 Å². The largest absolute Gasteiger partial charge is 0.390 e. The monoisotopic (exact) mass is 248 g/mol. The molecule has 2 rings (SSSR count). The highest BCUT2D eigenvalue weighted by atomic mass is 16.3. The summed E-state index contributed by atoms with van der Waals surface area (Å²) < 4.78 is 0. The summed E-state index contributed by atoms with van der Waals surface area (Å²) in [5, 5.41) is 13.7. The van der Waals surface area contributed by atoms with E-state index in [0.717, 1.165) is 19.4 Å². The number of nitrogens with two attached hydrogens (primary N) is 1. The third-order valence-corrected chi connectivity index (χ3v) is 4.00. The van der Waals surface area contributed by atoms with Crippen molar-refractivity contribution in [3.63, 3.8) is 0 Å². The van der Waals surface area contributed by atoms with E-state index in [1.165, 1.54) is 12.0 Å². The van der Waals surface area contributed by atoms with Crippen molar-refractivity contribution in [3.8, 4) is 0 Å². The maximum Gasteiger partial charge on any atom is 0.0847 e. The summed E-state index contributed by atoms with van der Waals surface area (Å²) in [6, 6.07) is 10.1. The molecule has 1 heterocycles. The lowest BCUT2D eigenvalue weighted by molar-refractivity contribution is 0.107. The smallest absolute Gasteiger partial charge is 0.0847 e. The molecule has 3 heteroatoms. The van der Waals surface area contributed by atoms with Gasteiger partial charge in [0.25, 0.3) is 0 Å². The number of benzene rings is 1. The fourth-order valence-electron chi connectivity index (χ4n) is 2.72. The molecule has 0 spiro atoms. The Labute approximate surface area is 109 Å². The van der Waals surface area contributed by atoms with Gasteiger partial charge in [0, 0.05) is 12.1 Å². The quantitative estimate of drug-likeness (QED) is 0.736. The van der Waals surface area contributed by atoms with E-state index in [1.807, 2.05) is 18.2 Å². The lowest BCUT2D eigenvalue weighted by Gasteiger charge is -2.24. The van der Waals surface area contributed by atoms with Crippen LogP contribution in [-0.4, -0.2) is 29.8 Å². The van der Waals surface area contributed by atoms with Crippen LogP contribution in [0.5, 0.6) is 0 Å². The first-order valence-electron chi connectivity index (χ1n) is 6.91. The average Bonchev–Trinajstić information content (AvgIpc) is 2.87. The maximum absolute atomic E-state index is 10.3. The zero-order valence-corrected chi connectivity index (χ0v) is 11.0. The van der Waals surface area contributed by atoms with E-state index in [9.17, 15) is 5.11 Å². The molecule has 100 valence electrons. The third kappa shape index (κ3) is 3.31. The van der Waals surface area contributed by atoms with Crippen molar-refractivity contribution in [1.29, 1.82) is 0 Å². The summed E-state index contributed by atoms with van der Waals surface area (Å²) >= 11 is 0. The molecule has 1 saturated heterocycles. The van der Waals surface area contributed by atoms with Gasteiger partial charge in [0.15, 0.2) is 0 Å². The molecule has 0 bridgehead atoms. The van der Waals surface area contributed by atoms with E-state index in [-0.39, 0.29) is 12.1 Å². The second kappa shape index (κ2) is 6.32. The van der Waals surface area contributed by atoms with E-state index in [1.54, 1.807) is 0 Å².